The average Bonchev–Trinajstić information content (AvgIpc) is 3.40. The molecule has 2 aromatic carbocycles. The van der Waals surface area contributed by atoms with Crippen LogP contribution in [0.3, 0.4) is 0 Å². The summed E-state index contributed by atoms with van der Waals surface area (Å²) in [6.45, 7) is 1.86. The van der Waals surface area contributed by atoms with Crippen LogP contribution in [0.25, 0.3) is 5.76 Å². The number of aryl methyl sites for hydroxylation is 1. The lowest BCUT2D eigenvalue weighted by molar-refractivity contribution is -0.140. The fourth-order valence-corrected chi connectivity index (χ4v) is 4.29. The molecule has 1 fully saturated rings. The summed E-state index contributed by atoms with van der Waals surface area (Å²) in [4.78, 5) is 27.8. The normalized spacial score (nSPS) is 17.1. The van der Waals surface area contributed by atoms with E-state index in [1.54, 1.807) is 50.4 Å². The third-order valence-electron chi connectivity index (χ3n) is 5.81. The zero-order chi connectivity index (χ0) is 25.3. The van der Waals surface area contributed by atoms with E-state index >= 15 is 0 Å². The second-order valence-corrected chi connectivity index (χ2v) is 8.32. The number of aliphatic hydroxyl groups is 1. The number of Topliss-reactive ketones (excluding diaryl/α,β-unsaturated/α-hetero) is 1. The molecule has 1 aromatic heterocycles. The van der Waals surface area contributed by atoms with Gasteiger partial charge in [0.2, 0.25) is 0 Å². The minimum Gasteiger partial charge on any atom is -0.507 e. The monoisotopic (exact) mass is 497 g/mol. The highest BCUT2D eigenvalue weighted by Crippen LogP contribution is 2.44. The van der Waals surface area contributed by atoms with Crippen LogP contribution in [0.4, 0.5) is 0 Å². The Morgan fingerprint density at radius 1 is 1.00 bits per heavy atom. The largest absolute Gasteiger partial charge is 0.507 e. The number of methoxy groups -OCH3 is 3. The topological polar surface area (TPSA) is 98.4 Å². The van der Waals surface area contributed by atoms with Crippen molar-refractivity contribution < 1.29 is 33.3 Å². The van der Waals surface area contributed by atoms with E-state index in [0.29, 0.717) is 17.3 Å². The number of aliphatic hydroxyl groups excluding tert-OH is 1. The Hall–Kier alpha value is -3.91. The first-order valence-corrected chi connectivity index (χ1v) is 11.1. The van der Waals surface area contributed by atoms with Crippen molar-refractivity contribution in [2.45, 2.75) is 19.5 Å². The van der Waals surface area contributed by atoms with Gasteiger partial charge in [-0.1, -0.05) is 23.7 Å². The van der Waals surface area contributed by atoms with Gasteiger partial charge in [0.15, 0.2) is 0 Å². The molecule has 8 nitrogen and oxygen atoms in total. The van der Waals surface area contributed by atoms with Crippen molar-refractivity contribution in [2.24, 2.45) is 0 Å². The molecule has 1 amide bonds. The van der Waals surface area contributed by atoms with E-state index in [1.165, 1.54) is 31.3 Å². The summed E-state index contributed by atoms with van der Waals surface area (Å²) in [6, 6.07) is 12.5. The molecule has 0 saturated carbocycles. The molecule has 35 heavy (non-hydrogen) atoms. The summed E-state index contributed by atoms with van der Waals surface area (Å²) in [5.74, 6) is 0.0601. The van der Waals surface area contributed by atoms with Crippen molar-refractivity contribution in [1.82, 2.24) is 4.90 Å². The Kier molecular flexibility index (Phi) is 6.75. The molecule has 9 heteroatoms. The van der Waals surface area contributed by atoms with Gasteiger partial charge in [0.1, 0.15) is 40.6 Å². The summed E-state index contributed by atoms with van der Waals surface area (Å²) in [5, 5.41) is 11.6. The predicted octanol–water partition coefficient (Wildman–Crippen LogP) is 4.89. The minimum atomic E-state index is -0.961. The van der Waals surface area contributed by atoms with E-state index in [2.05, 4.69) is 0 Å². The maximum atomic E-state index is 13.3. The highest BCUT2D eigenvalue weighted by Gasteiger charge is 2.47. The molecule has 4 rings (SSSR count). The van der Waals surface area contributed by atoms with Crippen LogP contribution >= 0.6 is 11.6 Å². The lowest BCUT2D eigenvalue weighted by atomic mass is 9.98. The van der Waals surface area contributed by atoms with Crippen LogP contribution in [-0.4, -0.2) is 43.0 Å². The third kappa shape index (κ3) is 4.44. The highest BCUT2D eigenvalue weighted by molar-refractivity contribution is 6.46. The summed E-state index contributed by atoms with van der Waals surface area (Å²) in [7, 11) is 4.40. The number of hydrogen-bond acceptors (Lipinski definition) is 7. The zero-order valence-corrected chi connectivity index (χ0v) is 20.4. The number of carbonyl (C=O) groups is 2. The van der Waals surface area contributed by atoms with E-state index in [9.17, 15) is 14.7 Å². The highest BCUT2D eigenvalue weighted by atomic mass is 35.5. The van der Waals surface area contributed by atoms with Crippen molar-refractivity contribution in [1.29, 1.82) is 0 Å². The van der Waals surface area contributed by atoms with E-state index < -0.39 is 23.5 Å². The summed E-state index contributed by atoms with van der Waals surface area (Å²) in [6.07, 6.45) is 0. The molecule has 0 spiro atoms. The molecule has 0 bridgehead atoms. The molecule has 2 heterocycles. The molecule has 1 unspecified atom stereocenters. The van der Waals surface area contributed by atoms with Crippen LogP contribution in [0.2, 0.25) is 5.02 Å². The van der Waals surface area contributed by atoms with Crippen LogP contribution in [0, 0.1) is 6.92 Å². The SMILES string of the molecule is COc1ccc(CN2C(=O)C(=O)/C(=C(/O)c3cc(OC)c(Cl)cc3OC)C2c2ccc(C)o2)cc1. The van der Waals surface area contributed by atoms with E-state index in [-0.39, 0.29) is 34.2 Å². The number of rotatable bonds is 7. The first kappa shape index (κ1) is 24.2. The number of ether oxygens (including phenoxy) is 3. The maximum absolute atomic E-state index is 13.3. The van der Waals surface area contributed by atoms with Crippen molar-refractivity contribution in [3.05, 3.63) is 81.8 Å². The number of carbonyl (C=O) groups excluding carboxylic acids is 2. The van der Waals surface area contributed by atoms with Gasteiger partial charge in [-0.15, -0.1) is 0 Å². The predicted molar refractivity (Wildman–Crippen MR) is 129 cm³/mol. The van der Waals surface area contributed by atoms with Gasteiger partial charge in [0.05, 0.1) is 37.5 Å². The molecule has 1 aliphatic rings. The molecule has 0 aliphatic carbocycles. The lowest BCUT2D eigenvalue weighted by Crippen LogP contribution is -2.29. The molecule has 1 saturated heterocycles. The Morgan fingerprint density at radius 3 is 2.26 bits per heavy atom. The smallest absolute Gasteiger partial charge is 0.296 e. The van der Waals surface area contributed by atoms with Gasteiger partial charge in [-0.2, -0.15) is 0 Å². The van der Waals surface area contributed by atoms with Gasteiger partial charge < -0.3 is 28.6 Å². The fraction of sp³-hybridized carbons (Fsp3) is 0.231. The average molecular weight is 498 g/mol. The van der Waals surface area contributed by atoms with Crippen molar-refractivity contribution in [2.75, 3.05) is 21.3 Å². The standard InChI is InChI=1S/C26H24ClNO7/c1-14-5-10-19(35-14)23-22(24(29)17-11-21(34-4)18(27)12-20(17)33-3)25(30)26(31)28(23)13-15-6-8-16(32-2)9-7-15/h5-12,23,29H,13H2,1-4H3/b24-22+. The molecule has 3 aromatic rings. The number of likely N-dealkylation sites (tertiary alicyclic amines) is 1. The van der Waals surface area contributed by atoms with Crippen molar-refractivity contribution >= 4 is 29.1 Å². The van der Waals surface area contributed by atoms with Crippen LogP contribution < -0.4 is 14.2 Å². The summed E-state index contributed by atoms with van der Waals surface area (Å²) < 4.78 is 21.7. The second-order valence-electron chi connectivity index (χ2n) is 7.91. The number of hydrogen-bond donors (Lipinski definition) is 1. The molecule has 1 N–H and O–H groups in total. The number of furan rings is 1. The molecular formula is C26H24ClNO7. The molecule has 1 atom stereocenters. The van der Waals surface area contributed by atoms with E-state index in [0.717, 1.165) is 5.56 Å². The van der Waals surface area contributed by atoms with Gasteiger partial charge in [-0.3, -0.25) is 9.59 Å². The molecular weight excluding hydrogens is 474 g/mol. The van der Waals surface area contributed by atoms with Gasteiger partial charge >= 0.3 is 0 Å². The van der Waals surface area contributed by atoms with Crippen molar-refractivity contribution in [3.8, 4) is 17.2 Å². The first-order valence-electron chi connectivity index (χ1n) is 10.7. The lowest BCUT2D eigenvalue weighted by Gasteiger charge is -2.23. The first-order chi connectivity index (χ1) is 16.8. The Balaban J connectivity index is 1.87. The third-order valence-corrected chi connectivity index (χ3v) is 6.11. The summed E-state index contributed by atoms with van der Waals surface area (Å²) >= 11 is 6.20. The van der Waals surface area contributed by atoms with E-state index in [1.807, 2.05) is 0 Å². The number of amides is 1. The fourth-order valence-electron chi connectivity index (χ4n) is 4.06. The quantitative estimate of drug-likeness (QED) is 0.282. The van der Waals surface area contributed by atoms with Crippen molar-refractivity contribution in [3.63, 3.8) is 0 Å². The number of nitrogens with zero attached hydrogens (tertiary/aromatic N) is 1. The molecule has 0 radical (unpaired) electrons. The number of ketones is 1. The molecule has 1 aliphatic heterocycles. The number of benzene rings is 2. The van der Waals surface area contributed by atoms with Crippen LogP contribution in [0.1, 0.15) is 28.7 Å². The number of halogens is 1. The Morgan fingerprint density at radius 2 is 1.69 bits per heavy atom. The van der Waals surface area contributed by atoms with Crippen LogP contribution in [0.15, 0.2) is 58.5 Å². The Labute approximate surface area is 207 Å². The summed E-state index contributed by atoms with van der Waals surface area (Å²) in [5.41, 5.74) is 0.803. The van der Waals surface area contributed by atoms with Crippen LogP contribution in [0.5, 0.6) is 17.2 Å². The zero-order valence-electron chi connectivity index (χ0n) is 19.6. The Bertz CT molecular complexity index is 1310. The van der Waals surface area contributed by atoms with Gasteiger partial charge in [-0.25, -0.2) is 0 Å². The second kappa shape index (κ2) is 9.76. The minimum absolute atomic E-state index is 0.108. The van der Waals surface area contributed by atoms with Gasteiger partial charge in [0, 0.05) is 12.6 Å². The van der Waals surface area contributed by atoms with Crippen LogP contribution in [-0.2, 0) is 16.1 Å². The van der Waals surface area contributed by atoms with E-state index in [4.69, 9.17) is 30.2 Å². The maximum Gasteiger partial charge on any atom is 0.296 e. The van der Waals surface area contributed by atoms with Gasteiger partial charge in [-0.05, 0) is 42.8 Å². The van der Waals surface area contributed by atoms with Gasteiger partial charge in [0.25, 0.3) is 11.7 Å². The molecule has 182 valence electrons.